The number of nitrogens with zero attached hydrogens (tertiary/aromatic N) is 3. The van der Waals surface area contributed by atoms with Gasteiger partial charge in [0, 0.05) is 36.8 Å². The highest BCUT2D eigenvalue weighted by molar-refractivity contribution is 7.80. The lowest BCUT2D eigenvalue weighted by Gasteiger charge is -2.20. The number of ether oxygens (including phenoxy) is 1. The number of hydrogen-bond acceptors (Lipinski definition) is 5. The Labute approximate surface area is 169 Å². The third kappa shape index (κ3) is 4.32. The minimum Gasteiger partial charge on any atom is -0.465 e. The van der Waals surface area contributed by atoms with Crippen LogP contribution in [-0.4, -0.2) is 39.9 Å². The van der Waals surface area contributed by atoms with Crippen molar-refractivity contribution in [1.82, 2.24) is 14.7 Å². The second-order valence-electron chi connectivity index (χ2n) is 7.04. The van der Waals surface area contributed by atoms with Crippen LogP contribution in [0.5, 0.6) is 0 Å². The Hall–Kier alpha value is -1.93. The Morgan fingerprint density at radius 3 is 3.00 bits per heavy atom. The molecule has 6 nitrogen and oxygen atoms in total. The van der Waals surface area contributed by atoms with Crippen molar-refractivity contribution in [3.05, 3.63) is 34.0 Å². The minimum absolute atomic E-state index is 0.292. The summed E-state index contributed by atoms with van der Waals surface area (Å²) in [5, 5.41) is 8.96. The smallest absolute Gasteiger partial charge is 0.341 e. The summed E-state index contributed by atoms with van der Waals surface area (Å²) in [5.74, 6) is 0.346. The fourth-order valence-electron chi connectivity index (χ4n) is 3.36. The summed E-state index contributed by atoms with van der Waals surface area (Å²) in [5.41, 5.74) is 2.87. The first-order chi connectivity index (χ1) is 12.9. The standard InChI is InChI=1S/C19H26N4O2S2/c1-5-23-11-13(9-20-23)10-22(3)19(26)21-17-16(18(24)25-4)14-7-6-12(2)8-15(14)27-17/h9,11-12H,5-8,10H2,1-4H3,(H,21,26)/t12-/m0/s1. The zero-order valence-electron chi connectivity index (χ0n) is 16.2. The lowest BCUT2D eigenvalue weighted by atomic mass is 9.88. The number of anilines is 1. The molecule has 1 atom stereocenters. The van der Waals surface area contributed by atoms with E-state index in [0.717, 1.165) is 41.9 Å². The number of fused-ring (bicyclic) bond motifs is 1. The van der Waals surface area contributed by atoms with E-state index in [1.165, 1.54) is 12.0 Å². The van der Waals surface area contributed by atoms with Crippen molar-refractivity contribution in [2.75, 3.05) is 19.5 Å². The molecular formula is C19H26N4O2S2. The van der Waals surface area contributed by atoms with Crippen LogP contribution in [0.4, 0.5) is 5.00 Å². The molecule has 0 saturated carbocycles. The number of aryl methyl sites for hydroxylation is 1. The molecule has 1 aliphatic carbocycles. The summed E-state index contributed by atoms with van der Waals surface area (Å²) in [7, 11) is 3.36. The van der Waals surface area contributed by atoms with Gasteiger partial charge in [0.2, 0.25) is 0 Å². The maximum Gasteiger partial charge on any atom is 0.341 e. The van der Waals surface area contributed by atoms with E-state index in [2.05, 4.69) is 24.3 Å². The molecule has 0 saturated heterocycles. The van der Waals surface area contributed by atoms with E-state index in [4.69, 9.17) is 17.0 Å². The lowest BCUT2D eigenvalue weighted by Crippen LogP contribution is -2.30. The van der Waals surface area contributed by atoms with Gasteiger partial charge in [0.05, 0.1) is 18.9 Å². The van der Waals surface area contributed by atoms with Crippen LogP contribution < -0.4 is 5.32 Å². The van der Waals surface area contributed by atoms with Gasteiger partial charge in [0.15, 0.2) is 5.11 Å². The minimum atomic E-state index is -0.292. The third-order valence-electron chi connectivity index (χ3n) is 4.90. The van der Waals surface area contributed by atoms with Crippen LogP contribution in [-0.2, 0) is 30.7 Å². The van der Waals surface area contributed by atoms with E-state index in [9.17, 15) is 4.79 Å². The largest absolute Gasteiger partial charge is 0.465 e. The maximum absolute atomic E-state index is 12.4. The first kappa shape index (κ1) is 19.8. The van der Waals surface area contributed by atoms with E-state index < -0.39 is 0 Å². The molecule has 0 amide bonds. The molecule has 0 bridgehead atoms. The van der Waals surface area contributed by atoms with Gasteiger partial charge in [-0.05, 0) is 49.9 Å². The van der Waals surface area contributed by atoms with Gasteiger partial charge in [-0.3, -0.25) is 4.68 Å². The van der Waals surface area contributed by atoms with E-state index in [-0.39, 0.29) is 5.97 Å². The van der Waals surface area contributed by atoms with Crippen molar-refractivity contribution < 1.29 is 9.53 Å². The normalized spacial score (nSPS) is 15.9. The van der Waals surface area contributed by atoms with E-state index >= 15 is 0 Å². The molecule has 27 heavy (non-hydrogen) atoms. The predicted octanol–water partition coefficient (Wildman–Crippen LogP) is 3.70. The Bertz CT molecular complexity index is 843. The Kier molecular flexibility index (Phi) is 6.16. The summed E-state index contributed by atoms with van der Waals surface area (Å²) in [6.45, 7) is 5.80. The van der Waals surface area contributed by atoms with Crippen LogP contribution in [0.25, 0.3) is 0 Å². The highest BCUT2D eigenvalue weighted by atomic mass is 32.1. The van der Waals surface area contributed by atoms with Crippen LogP contribution >= 0.6 is 23.6 Å². The van der Waals surface area contributed by atoms with Gasteiger partial charge in [-0.25, -0.2) is 4.79 Å². The number of aromatic nitrogens is 2. The first-order valence-corrected chi connectivity index (χ1v) is 10.4. The molecule has 0 spiro atoms. The van der Waals surface area contributed by atoms with Gasteiger partial charge in [0.25, 0.3) is 0 Å². The molecule has 1 aliphatic rings. The molecule has 0 aliphatic heterocycles. The fourth-order valence-corrected chi connectivity index (χ4v) is 4.99. The van der Waals surface area contributed by atoms with Crippen LogP contribution in [0.1, 0.15) is 46.6 Å². The van der Waals surface area contributed by atoms with E-state index in [0.29, 0.717) is 23.1 Å². The number of carbonyl (C=O) groups excluding carboxylic acids is 1. The zero-order chi connectivity index (χ0) is 19.6. The third-order valence-corrected chi connectivity index (χ3v) is 6.48. The quantitative estimate of drug-likeness (QED) is 0.603. The van der Waals surface area contributed by atoms with Crippen molar-refractivity contribution in [1.29, 1.82) is 0 Å². The number of rotatable bonds is 5. The highest BCUT2D eigenvalue weighted by Gasteiger charge is 2.28. The Balaban J connectivity index is 1.77. The van der Waals surface area contributed by atoms with E-state index in [1.807, 2.05) is 29.0 Å². The second-order valence-corrected chi connectivity index (χ2v) is 8.53. The molecule has 2 aromatic heterocycles. The zero-order valence-corrected chi connectivity index (χ0v) is 17.9. The summed E-state index contributed by atoms with van der Waals surface area (Å²) >= 11 is 7.21. The van der Waals surface area contributed by atoms with Gasteiger partial charge in [-0.2, -0.15) is 5.10 Å². The molecular weight excluding hydrogens is 380 g/mol. The summed E-state index contributed by atoms with van der Waals surface area (Å²) in [4.78, 5) is 15.6. The predicted molar refractivity (Wildman–Crippen MR) is 112 cm³/mol. The molecule has 2 heterocycles. The maximum atomic E-state index is 12.4. The molecule has 146 valence electrons. The number of hydrogen-bond donors (Lipinski definition) is 1. The van der Waals surface area contributed by atoms with Crippen molar-refractivity contribution in [2.24, 2.45) is 5.92 Å². The van der Waals surface area contributed by atoms with Crippen molar-refractivity contribution >= 4 is 39.6 Å². The van der Waals surface area contributed by atoms with Crippen LogP contribution in [0.3, 0.4) is 0 Å². The molecule has 0 radical (unpaired) electrons. The summed E-state index contributed by atoms with van der Waals surface area (Å²) < 4.78 is 6.93. The molecule has 2 aromatic rings. The summed E-state index contributed by atoms with van der Waals surface area (Å²) in [6, 6.07) is 0. The van der Waals surface area contributed by atoms with Gasteiger partial charge in [-0.1, -0.05) is 6.92 Å². The lowest BCUT2D eigenvalue weighted by molar-refractivity contribution is 0.0601. The second kappa shape index (κ2) is 8.39. The molecule has 0 unspecified atom stereocenters. The van der Waals surface area contributed by atoms with Crippen LogP contribution in [0.2, 0.25) is 0 Å². The van der Waals surface area contributed by atoms with Crippen molar-refractivity contribution in [3.8, 4) is 0 Å². The average Bonchev–Trinajstić information content (AvgIpc) is 3.24. The number of thiophene rings is 1. The van der Waals surface area contributed by atoms with Crippen LogP contribution in [0.15, 0.2) is 12.4 Å². The Morgan fingerprint density at radius 2 is 2.33 bits per heavy atom. The topological polar surface area (TPSA) is 59.4 Å². The Morgan fingerprint density at radius 1 is 1.56 bits per heavy atom. The van der Waals surface area contributed by atoms with Gasteiger partial charge < -0.3 is 15.0 Å². The van der Waals surface area contributed by atoms with E-state index in [1.54, 1.807) is 11.3 Å². The number of nitrogens with one attached hydrogen (secondary N) is 1. The number of esters is 1. The fraction of sp³-hybridized carbons (Fsp3) is 0.526. The highest BCUT2D eigenvalue weighted by Crippen LogP contribution is 2.40. The van der Waals surface area contributed by atoms with Crippen molar-refractivity contribution in [2.45, 2.75) is 46.2 Å². The molecule has 0 fully saturated rings. The molecule has 0 aromatic carbocycles. The van der Waals surface area contributed by atoms with Gasteiger partial charge in [0.1, 0.15) is 5.00 Å². The van der Waals surface area contributed by atoms with Gasteiger partial charge in [-0.15, -0.1) is 11.3 Å². The number of methoxy groups -OCH3 is 1. The first-order valence-electron chi connectivity index (χ1n) is 9.19. The van der Waals surface area contributed by atoms with Crippen LogP contribution in [0, 0.1) is 5.92 Å². The SMILES string of the molecule is CCn1cc(CN(C)C(=S)Nc2sc3c(c2C(=O)OC)CC[C@H](C)C3)cn1. The number of thiocarbonyl (C=S) groups is 1. The summed E-state index contributed by atoms with van der Waals surface area (Å²) in [6.07, 6.45) is 6.89. The molecule has 8 heteroatoms. The monoisotopic (exact) mass is 406 g/mol. The molecule has 1 N–H and O–H groups in total. The average molecular weight is 407 g/mol. The van der Waals surface area contributed by atoms with Gasteiger partial charge >= 0.3 is 5.97 Å². The molecule has 3 rings (SSSR count). The number of carbonyl (C=O) groups is 1. The van der Waals surface area contributed by atoms with Crippen molar-refractivity contribution in [3.63, 3.8) is 0 Å².